The molecule has 0 radical (unpaired) electrons. The molecule has 2 aliphatic carbocycles. The molecule has 2 aliphatic rings. The molecule has 1 atom stereocenters. The van der Waals surface area contributed by atoms with E-state index in [4.69, 9.17) is 5.73 Å². The van der Waals surface area contributed by atoms with Gasteiger partial charge in [0.05, 0.1) is 0 Å². The van der Waals surface area contributed by atoms with Gasteiger partial charge in [-0.15, -0.1) is 0 Å². The van der Waals surface area contributed by atoms with Gasteiger partial charge < -0.3 is 11.1 Å². The van der Waals surface area contributed by atoms with Crippen LogP contribution in [-0.4, -0.2) is 18.6 Å². The van der Waals surface area contributed by atoms with Crippen molar-refractivity contribution in [1.29, 1.82) is 0 Å². The van der Waals surface area contributed by atoms with Crippen LogP contribution < -0.4 is 11.1 Å². The van der Waals surface area contributed by atoms with Crippen LogP contribution in [0.3, 0.4) is 0 Å². The minimum absolute atomic E-state index is 0.0851. The van der Waals surface area contributed by atoms with E-state index in [0.717, 1.165) is 36.9 Å². The lowest BCUT2D eigenvalue weighted by atomic mass is 9.75. The summed E-state index contributed by atoms with van der Waals surface area (Å²) in [6.07, 6.45) is 10.7. The first-order valence-electron chi connectivity index (χ1n) is 13.0. The number of benzene rings is 2. The van der Waals surface area contributed by atoms with Crippen molar-refractivity contribution in [3.63, 3.8) is 0 Å². The Kier molecular flexibility index (Phi) is 8.02. The van der Waals surface area contributed by atoms with E-state index >= 15 is 4.39 Å². The fourth-order valence-electron chi connectivity index (χ4n) is 6.09. The zero-order chi connectivity index (χ0) is 22.5. The summed E-state index contributed by atoms with van der Waals surface area (Å²) in [5, 5.41) is 3.56. The fraction of sp³-hybridized carbons (Fsp3) is 0.586. The van der Waals surface area contributed by atoms with Crippen molar-refractivity contribution in [3.8, 4) is 11.1 Å². The predicted octanol–water partition coefficient (Wildman–Crippen LogP) is 7.14. The summed E-state index contributed by atoms with van der Waals surface area (Å²) in [5.74, 6) is 1.71. The lowest BCUT2D eigenvalue weighted by Gasteiger charge is -2.32. The smallest absolute Gasteiger partial charge is 0.131 e. The van der Waals surface area contributed by atoms with E-state index in [9.17, 15) is 0 Å². The van der Waals surface area contributed by atoms with Crippen LogP contribution in [0.15, 0.2) is 42.5 Å². The van der Waals surface area contributed by atoms with Crippen molar-refractivity contribution < 1.29 is 4.39 Å². The lowest BCUT2D eigenvalue weighted by Crippen LogP contribution is -2.32. The standard InChI is InChI=1S/C29H41FN2/c1-3-29(31)24-11-7-21(8-12-24)20-5-9-23(10-6-20)27-18-15-25(19-28(27)30)22-13-16-26(17-14-22)32-4-2/h5-6,9-10,15,18-19,21-22,24,26,29,32H,3-4,7-8,11-14,16-17,31H2,1-2H3. The van der Waals surface area contributed by atoms with E-state index in [-0.39, 0.29) is 5.82 Å². The number of halogens is 1. The Balaban J connectivity index is 1.38. The largest absolute Gasteiger partial charge is 0.327 e. The molecule has 2 nitrogen and oxygen atoms in total. The summed E-state index contributed by atoms with van der Waals surface area (Å²) >= 11 is 0. The van der Waals surface area contributed by atoms with E-state index in [1.54, 1.807) is 6.07 Å². The first-order valence-corrected chi connectivity index (χ1v) is 13.0. The minimum atomic E-state index is -0.0851. The van der Waals surface area contributed by atoms with Gasteiger partial charge in [-0.1, -0.05) is 50.2 Å². The van der Waals surface area contributed by atoms with Crippen LogP contribution in [0.2, 0.25) is 0 Å². The highest BCUT2D eigenvalue weighted by Crippen LogP contribution is 2.38. The third-order valence-electron chi connectivity index (χ3n) is 8.23. The van der Waals surface area contributed by atoms with Gasteiger partial charge in [0.15, 0.2) is 0 Å². The Morgan fingerprint density at radius 2 is 1.44 bits per heavy atom. The first kappa shape index (κ1) is 23.4. The summed E-state index contributed by atoms with van der Waals surface area (Å²) in [4.78, 5) is 0. The summed E-state index contributed by atoms with van der Waals surface area (Å²) in [6, 6.07) is 15.6. The summed E-state index contributed by atoms with van der Waals surface area (Å²) in [5.41, 5.74) is 10.5. The predicted molar refractivity (Wildman–Crippen MR) is 133 cm³/mol. The van der Waals surface area contributed by atoms with Gasteiger partial charge in [-0.05, 0) is 105 Å². The van der Waals surface area contributed by atoms with E-state index < -0.39 is 0 Å². The number of nitrogens with one attached hydrogen (secondary N) is 1. The van der Waals surface area contributed by atoms with Crippen molar-refractivity contribution in [1.82, 2.24) is 5.32 Å². The van der Waals surface area contributed by atoms with Crippen LogP contribution in [0.1, 0.15) is 94.6 Å². The molecular formula is C29H41FN2. The molecule has 0 bridgehead atoms. The normalized spacial score (nSPS) is 27.2. The lowest BCUT2D eigenvalue weighted by molar-refractivity contribution is 0.277. The van der Waals surface area contributed by atoms with Crippen LogP contribution in [0, 0.1) is 11.7 Å². The Labute approximate surface area is 194 Å². The highest BCUT2D eigenvalue weighted by Gasteiger charge is 2.26. The molecule has 0 spiro atoms. The van der Waals surface area contributed by atoms with E-state index in [1.165, 1.54) is 49.7 Å². The molecule has 3 N–H and O–H groups in total. The third kappa shape index (κ3) is 5.43. The maximum Gasteiger partial charge on any atom is 0.131 e. The highest BCUT2D eigenvalue weighted by molar-refractivity contribution is 5.65. The zero-order valence-corrected chi connectivity index (χ0v) is 20.0. The molecule has 32 heavy (non-hydrogen) atoms. The highest BCUT2D eigenvalue weighted by atomic mass is 19.1. The van der Waals surface area contributed by atoms with Crippen LogP contribution in [-0.2, 0) is 0 Å². The van der Waals surface area contributed by atoms with E-state index in [2.05, 4.69) is 49.5 Å². The van der Waals surface area contributed by atoms with Gasteiger partial charge in [0.25, 0.3) is 0 Å². The first-order chi connectivity index (χ1) is 15.6. The molecule has 0 saturated heterocycles. The van der Waals surface area contributed by atoms with Crippen LogP contribution in [0.5, 0.6) is 0 Å². The molecule has 4 rings (SSSR count). The van der Waals surface area contributed by atoms with E-state index in [0.29, 0.717) is 29.8 Å². The molecule has 0 aromatic heterocycles. The molecule has 174 valence electrons. The molecule has 1 unspecified atom stereocenters. The van der Waals surface area contributed by atoms with Gasteiger partial charge in [-0.25, -0.2) is 4.39 Å². The second-order valence-corrected chi connectivity index (χ2v) is 10.2. The average Bonchev–Trinajstić information content (AvgIpc) is 2.84. The fourth-order valence-corrected chi connectivity index (χ4v) is 6.09. The van der Waals surface area contributed by atoms with E-state index in [1.807, 2.05) is 6.07 Å². The number of hydrogen-bond donors (Lipinski definition) is 2. The van der Waals surface area contributed by atoms with Crippen LogP contribution in [0.4, 0.5) is 4.39 Å². The van der Waals surface area contributed by atoms with Crippen molar-refractivity contribution in [3.05, 3.63) is 59.4 Å². The molecular weight excluding hydrogens is 395 g/mol. The Bertz CT molecular complexity index is 846. The number of rotatable bonds is 7. The van der Waals surface area contributed by atoms with Crippen molar-refractivity contribution >= 4 is 0 Å². The quantitative estimate of drug-likeness (QED) is 0.484. The molecule has 2 aromatic rings. The minimum Gasteiger partial charge on any atom is -0.327 e. The maximum absolute atomic E-state index is 15.1. The average molecular weight is 437 g/mol. The molecule has 0 heterocycles. The summed E-state index contributed by atoms with van der Waals surface area (Å²) in [7, 11) is 0. The van der Waals surface area contributed by atoms with Gasteiger partial charge >= 0.3 is 0 Å². The Hall–Kier alpha value is -1.71. The SMILES string of the molecule is CCNC1CCC(c2ccc(-c3ccc(C4CCC(C(N)CC)CC4)cc3)c(F)c2)CC1. The second kappa shape index (κ2) is 10.9. The number of hydrogen-bond acceptors (Lipinski definition) is 2. The Morgan fingerprint density at radius 1 is 0.844 bits per heavy atom. The molecule has 2 aromatic carbocycles. The van der Waals surface area contributed by atoms with Crippen molar-refractivity contribution in [2.75, 3.05) is 6.54 Å². The Morgan fingerprint density at radius 3 is 2.03 bits per heavy atom. The molecule has 0 amide bonds. The molecule has 3 heteroatoms. The van der Waals surface area contributed by atoms with Gasteiger partial charge in [0.1, 0.15) is 5.82 Å². The van der Waals surface area contributed by atoms with Crippen LogP contribution >= 0.6 is 0 Å². The summed E-state index contributed by atoms with van der Waals surface area (Å²) < 4.78 is 15.1. The molecule has 2 fully saturated rings. The zero-order valence-electron chi connectivity index (χ0n) is 20.0. The van der Waals surface area contributed by atoms with Gasteiger partial charge in [0.2, 0.25) is 0 Å². The van der Waals surface area contributed by atoms with Crippen LogP contribution in [0.25, 0.3) is 11.1 Å². The monoisotopic (exact) mass is 436 g/mol. The third-order valence-corrected chi connectivity index (χ3v) is 8.23. The van der Waals surface area contributed by atoms with Crippen molar-refractivity contribution in [2.45, 2.75) is 95.6 Å². The van der Waals surface area contributed by atoms with Gasteiger partial charge in [0, 0.05) is 17.6 Å². The molecule has 2 saturated carbocycles. The summed E-state index contributed by atoms with van der Waals surface area (Å²) in [6.45, 7) is 5.39. The topological polar surface area (TPSA) is 38.0 Å². The maximum atomic E-state index is 15.1. The van der Waals surface area contributed by atoms with Crippen molar-refractivity contribution in [2.24, 2.45) is 11.7 Å². The molecule has 0 aliphatic heterocycles. The van der Waals surface area contributed by atoms with Gasteiger partial charge in [-0.3, -0.25) is 0 Å². The number of nitrogens with two attached hydrogens (primary N) is 1. The van der Waals surface area contributed by atoms with Gasteiger partial charge in [-0.2, -0.15) is 0 Å². The second-order valence-electron chi connectivity index (χ2n) is 10.2.